The summed E-state index contributed by atoms with van der Waals surface area (Å²) in [7, 11) is 0. The van der Waals surface area contributed by atoms with Crippen LogP contribution in [0.5, 0.6) is 5.75 Å². The third-order valence-corrected chi connectivity index (χ3v) is 3.31. The van der Waals surface area contributed by atoms with Gasteiger partial charge in [0.2, 0.25) is 0 Å². The predicted octanol–water partition coefficient (Wildman–Crippen LogP) is 3.65. The number of hydrogen-bond donors (Lipinski definition) is 1. The van der Waals surface area contributed by atoms with Gasteiger partial charge in [-0.3, -0.25) is 0 Å². The lowest BCUT2D eigenvalue weighted by molar-refractivity contribution is 0.200. The van der Waals surface area contributed by atoms with Crippen LogP contribution in [0, 0.1) is 5.82 Å². The summed E-state index contributed by atoms with van der Waals surface area (Å²) in [5.74, 6) is 0.153. The zero-order chi connectivity index (χ0) is 13.0. The first-order valence-corrected chi connectivity index (χ1v) is 6.83. The van der Waals surface area contributed by atoms with Crippen LogP contribution in [0.15, 0.2) is 18.2 Å². The van der Waals surface area contributed by atoms with E-state index in [4.69, 9.17) is 4.74 Å². The van der Waals surface area contributed by atoms with E-state index >= 15 is 0 Å². The number of benzene rings is 1. The van der Waals surface area contributed by atoms with E-state index in [1.807, 2.05) is 6.07 Å². The minimum Gasteiger partial charge on any atom is -0.487 e. The molecule has 1 saturated carbocycles. The van der Waals surface area contributed by atoms with Gasteiger partial charge >= 0.3 is 0 Å². The van der Waals surface area contributed by atoms with Crippen molar-refractivity contribution in [2.45, 2.75) is 58.2 Å². The molecular weight excluding hydrogens is 229 g/mol. The quantitative estimate of drug-likeness (QED) is 0.862. The van der Waals surface area contributed by atoms with Gasteiger partial charge in [-0.2, -0.15) is 0 Å². The van der Waals surface area contributed by atoms with Gasteiger partial charge in [-0.1, -0.05) is 19.9 Å². The molecular formula is C15H22FNO. The molecule has 0 aromatic heterocycles. The summed E-state index contributed by atoms with van der Waals surface area (Å²) in [6, 6.07) is 5.66. The smallest absolute Gasteiger partial charge is 0.165 e. The molecule has 0 saturated heterocycles. The molecule has 0 heterocycles. The lowest BCUT2D eigenvalue weighted by Crippen LogP contribution is -2.21. The largest absolute Gasteiger partial charge is 0.487 e. The maximum Gasteiger partial charge on any atom is 0.165 e. The highest BCUT2D eigenvalue weighted by Gasteiger charge is 2.18. The van der Waals surface area contributed by atoms with E-state index in [1.54, 1.807) is 12.1 Å². The van der Waals surface area contributed by atoms with Gasteiger partial charge in [0.1, 0.15) is 0 Å². The van der Waals surface area contributed by atoms with Crippen LogP contribution < -0.4 is 10.1 Å². The number of halogens is 1. The topological polar surface area (TPSA) is 21.3 Å². The van der Waals surface area contributed by atoms with E-state index in [1.165, 1.54) is 12.8 Å². The Kier molecular flexibility index (Phi) is 4.59. The van der Waals surface area contributed by atoms with Crippen molar-refractivity contribution in [1.29, 1.82) is 0 Å². The molecule has 1 aromatic rings. The lowest BCUT2D eigenvalue weighted by Gasteiger charge is -2.14. The Labute approximate surface area is 109 Å². The standard InChI is InChI=1S/C15H22FNO/c1-11(2)17-10-12-7-8-15(14(16)9-12)18-13-5-3-4-6-13/h7-9,11,13,17H,3-6,10H2,1-2H3. The monoisotopic (exact) mass is 251 g/mol. The fourth-order valence-electron chi connectivity index (χ4n) is 2.26. The third kappa shape index (κ3) is 3.70. The van der Waals surface area contributed by atoms with E-state index in [-0.39, 0.29) is 11.9 Å². The van der Waals surface area contributed by atoms with Crippen molar-refractivity contribution in [2.75, 3.05) is 0 Å². The highest BCUT2D eigenvalue weighted by molar-refractivity contribution is 5.29. The van der Waals surface area contributed by atoms with E-state index in [2.05, 4.69) is 19.2 Å². The van der Waals surface area contributed by atoms with Crippen molar-refractivity contribution in [3.8, 4) is 5.75 Å². The van der Waals surface area contributed by atoms with Gasteiger partial charge in [-0.15, -0.1) is 0 Å². The SMILES string of the molecule is CC(C)NCc1ccc(OC2CCCC2)c(F)c1. The van der Waals surface area contributed by atoms with Gasteiger partial charge in [-0.05, 0) is 43.4 Å². The minimum absolute atomic E-state index is 0.208. The number of rotatable bonds is 5. The maximum absolute atomic E-state index is 13.9. The fraction of sp³-hybridized carbons (Fsp3) is 0.600. The summed E-state index contributed by atoms with van der Waals surface area (Å²) in [4.78, 5) is 0. The van der Waals surface area contributed by atoms with E-state index in [9.17, 15) is 4.39 Å². The predicted molar refractivity (Wildman–Crippen MR) is 71.3 cm³/mol. The van der Waals surface area contributed by atoms with Crippen LogP contribution in [0.25, 0.3) is 0 Å². The van der Waals surface area contributed by atoms with Crippen LogP contribution in [-0.2, 0) is 6.54 Å². The average molecular weight is 251 g/mol. The Balaban J connectivity index is 1.95. The highest BCUT2D eigenvalue weighted by Crippen LogP contribution is 2.26. The highest BCUT2D eigenvalue weighted by atomic mass is 19.1. The number of hydrogen-bond acceptors (Lipinski definition) is 2. The molecule has 0 spiro atoms. The molecule has 2 rings (SSSR count). The van der Waals surface area contributed by atoms with E-state index in [0.717, 1.165) is 18.4 Å². The van der Waals surface area contributed by atoms with Crippen LogP contribution in [-0.4, -0.2) is 12.1 Å². The molecule has 0 bridgehead atoms. The summed E-state index contributed by atoms with van der Waals surface area (Å²) in [5, 5.41) is 3.27. The van der Waals surface area contributed by atoms with Crippen LogP contribution in [0.3, 0.4) is 0 Å². The van der Waals surface area contributed by atoms with Gasteiger partial charge in [0.15, 0.2) is 11.6 Å². The normalized spacial score (nSPS) is 16.4. The van der Waals surface area contributed by atoms with E-state index in [0.29, 0.717) is 18.3 Å². The molecule has 2 nitrogen and oxygen atoms in total. The zero-order valence-corrected chi connectivity index (χ0v) is 11.2. The lowest BCUT2D eigenvalue weighted by atomic mass is 10.2. The Morgan fingerprint density at radius 2 is 2.06 bits per heavy atom. The molecule has 1 N–H and O–H groups in total. The molecule has 1 aromatic carbocycles. The van der Waals surface area contributed by atoms with E-state index < -0.39 is 0 Å². The van der Waals surface area contributed by atoms with Gasteiger partial charge in [-0.25, -0.2) is 4.39 Å². The summed E-state index contributed by atoms with van der Waals surface area (Å²) < 4.78 is 19.6. The summed E-state index contributed by atoms with van der Waals surface area (Å²) >= 11 is 0. The van der Waals surface area contributed by atoms with Crippen molar-refractivity contribution >= 4 is 0 Å². The average Bonchev–Trinajstić information content (AvgIpc) is 2.82. The number of ether oxygens (including phenoxy) is 1. The molecule has 3 heteroatoms. The van der Waals surface area contributed by atoms with Gasteiger partial charge in [0.25, 0.3) is 0 Å². The molecule has 0 amide bonds. The summed E-state index contributed by atoms with van der Waals surface area (Å²) in [6.45, 7) is 4.85. The van der Waals surface area contributed by atoms with Gasteiger partial charge < -0.3 is 10.1 Å². The van der Waals surface area contributed by atoms with Crippen molar-refractivity contribution < 1.29 is 9.13 Å². The maximum atomic E-state index is 13.9. The molecule has 0 radical (unpaired) electrons. The molecule has 1 aliphatic rings. The Morgan fingerprint density at radius 3 is 2.67 bits per heavy atom. The van der Waals surface area contributed by atoms with Gasteiger partial charge in [0.05, 0.1) is 6.10 Å². The van der Waals surface area contributed by atoms with Crippen LogP contribution in [0.4, 0.5) is 4.39 Å². The fourth-order valence-corrected chi connectivity index (χ4v) is 2.26. The van der Waals surface area contributed by atoms with Crippen molar-refractivity contribution in [2.24, 2.45) is 0 Å². The van der Waals surface area contributed by atoms with Crippen LogP contribution in [0.2, 0.25) is 0 Å². The van der Waals surface area contributed by atoms with Crippen LogP contribution in [0.1, 0.15) is 45.1 Å². The molecule has 0 unspecified atom stereocenters. The molecule has 0 aliphatic heterocycles. The summed E-state index contributed by atoms with van der Waals surface area (Å²) in [5.41, 5.74) is 0.958. The Hall–Kier alpha value is -1.09. The Morgan fingerprint density at radius 1 is 1.33 bits per heavy atom. The first-order valence-electron chi connectivity index (χ1n) is 6.83. The second-order valence-electron chi connectivity index (χ2n) is 5.32. The first-order chi connectivity index (χ1) is 8.65. The molecule has 1 fully saturated rings. The number of nitrogens with one attached hydrogen (secondary N) is 1. The molecule has 100 valence electrons. The first kappa shape index (κ1) is 13.3. The summed E-state index contributed by atoms with van der Waals surface area (Å²) in [6.07, 6.45) is 4.71. The molecule has 18 heavy (non-hydrogen) atoms. The Bertz CT molecular complexity index is 386. The molecule has 1 aliphatic carbocycles. The zero-order valence-electron chi connectivity index (χ0n) is 11.2. The minimum atomic E-state index is -0.245. The van der Waals surface area contributed by atoms with Gasteiger partial charge in [0, 0.05) is 12.6 Å². The second kappa shape index (κ2) is 6.19. The third-order valence-electron chi connectivity index (χ3n) is 3.31. The van der Waals surface area contributed by atoms with Crippen molar-refractivity contribution in [3.63, 3.8) is 0 Å². The molecule has 0 atom stereocenters. The van der Waals surface area contributed by atoms with Crippen LogP contribution >= 0.6 is 0 Å². The van der Waals surface area contributed by atoms with Crippen molar-refractivity contribution in [3.05, 3.63) is 29.6 Å². The second-order valence-corrected chi connectivity index (χ2v) is 5.32. The van der Waals surface area contributed by atoms with Crippen molar-refractivity contribution in [1.82, 2.24) is 5.32 Å².